The van der Waals surface area contributed by atoms with Gasteiger partial charge in [-0.2, -0.15) is 0 Å². The quantitative estimate of drug-likeness (QED) is 0.296. The second-order valence-corrected chi connectivity index (χ2v) is 9.52. The van der Waals surface area contributed by atoms with Gasteiger partial charge in [0.2, 0.25) is 0 Å². The van der Waals surface area contributed by atoms with Gasteiger partial charge in [0, 0.05) is 5.56 Å². The monoisotopic (exact) mass is 406 g/mol. The molecule has 1 nitrogen and oxygen atoms in total. The average molecular weight is 407 g/mol. The van der Waals surface area contributed by atoms with Crippen LogP contribution in [0.25, 0.3) is 0 Å². The van der Waals surface area contributed by atoms with E-state index in [1.807, 2.05) is 12.1 Å². The lowest BCUT2D eigenvalue weighted by atomic mass is 9.70. The highest BCUT2D eigenvalue weighted by Gasteiger charge is 2.28. The Hall–Kier alpha value is -1.68. The van der Waals surface area contributed by atoms with Crippen LogP contribution in [0.3, 0.4) is 0 Å². The first-order chi connectivity index (χ1) is 14.8. The van der Waals surface area contributed by atoms with Gasteiger partial charge in [0.1, 0.15) is 5.75 Å². The predicted molar refractivity (Wildman–Crippen MR) is 129 cm³/mol. The van der Waals surface area contributed by atoms with Crippen LogP contribution in [0, 0.1) is 29.6 Å². The fraction of sp³-hybridized carbons (Fsp3) is 0.655. The molecule has 0 bridgehead atoms. The molecular weight excluding hydrogens is 364 g/mol. The molecule has 2 aliphatic carbocycles. The van der Waals surface area contributed by atoms with Crippen molar-refractivity contribution in [2.24, 2.45) is 17.8 Å². The van der Waals surface area contributed by atoms with Crippen LogP contribution in [-0.2, 0) is 0 Å². The summed E-state index contributed by atoms with van der Waals surface area (Å²) < 4.78 is 5.74. The zero-order chi connectivity index (χ0) is 21.0. The van der Waals surface area contributed by atoms with Crippen molar-refractivity contribution in [2.75, 3.05) is 6.61 Å². The average Bonchev–Trinajstić information content (AvgIpc) is 2.80. The maximum atomic E-state index is 5.74. The van der Waals surface area contributed by atoms with Gasteiger partial charge in [-0.25, -0.2) is 0 Å². The lowest BCUT2D eigenvalue weighted by Gasteiger charge is -2.35. The molecule has 0 aromatic heterocycles. The first-order valence-corrected chi connectivity index (χ1v) is 12.7. The SMILES string of the molecule is CCCCCC1CCC(C2CC=C(C#Cc3ccc(OCCCC)cc3)CC2)CC1. The fourth-order valence-electron chi connectivity index (χ4n) is 5.15. The Bertz CT molecular complexity index is 694. The maximum Gasteiger partial charge on any atom is 0.119 e. The van der Waals surface area contributed by atoms with E-state index in [9.17, 15) is 0 Å². The molecule has 0 heterocycles. The minimum absolute atomic E-state index is 0.802. The molecule has 0 amide bonds. The third kappa shape index (κ3) is 7.54. The largest absolute Gasteiger partial charge is 0.494 e. The van der Waals surface area contributed by atoms with Crippen LogP contribution in [0.2, 0.25) is 0 Å². The van der Waals surface area contributed by atoms with E-state index < -0.39 is 0 Å². The number of allylic oxidation sites excluding steroid dienone is 2. The number of ether oxygens (including phenoxy) is 1. The summed E-state index contributed by atoms with van der Waals surface area (Å²) in [5.74, 6) is 10.7. The molecule has 1 saturated carbocycles. The van der Waals surface area contributed by atoms with Crippen molar-refractivity contribution >= 4 is 0 Å². The summed E-state index contributed by atoms with van der Waals surface area (Å²) >= 11 is 0. The Kier molecular flexibility index (Phi) is 9.88. The molecule has 2 aliphatic rings. The molecule has 1 aromatic rings. The van der Waals surface area contributed by atoms with E-state index in [4.69, 9.17) is 4.74 Å². The standard InChI is InChI=1S/C29H42O/c1-3-5-7-8-24-11-17-27(18-12-24)28-19-13-25(14-20-28)9-10-26-15-21-29(22-16-26)30-23-6-4-2/h13,15-16,21-22,24,27-28H,3-8,11-12,14,17-20,23H2,1-2H3. The molecule has 1 aromatic carbocycles. The van der Waals surface area contributed by atoms with Crippen molar-refractivity contribution in [1.29, 1.82) is 0 Å². The van der Waals surface area contributed by atoms with Crippen molar-refractivity contribution in [2.45, 2.75) is 97.3 Å². The van der Waals surface area contributed by atoms with Gasteiger partial charge >= 0.3 is 0 Å². The first-order valence-electron chi connectivity index (χ1n) is 12.7. The molecule has 1 fully saturated rings. The highest BCUT2D eigenvalue weighted by molar-refractivity contribution is 5.43. The molecule has 0 N–H and O–H groups in total. The molecule has 1 unspecified atom stereocenters. The second-order valence-electron chi connectivity index (χ2n) is 9.52. The van der Waals surface area contributed by atoms with Gasteiger partial charge in [-0.1, -0.05) is 76.7 Å². The Morgan fingerprint density at radius 1 is 0.833 bits per heavy atom. The highest BCUT2D eigenvalue weighted by Crippen LogP contribution is 2.40. The lowest BCUT2D eigenvalue weighted by molar-refractivity contribution is 0.186. The summed E-state index contributed by atoms with van der Waals surface area (Å²) in [4.78, 5) is 0. The number of hydrogen-bond acceptors (Lipinski definition) is 1. The van der Waals surface area contributed by atoms with Crippen molar-refractivity contribution < 1.29 is 4.74 Å². The van der Waals surface area contributed by atoms with Crippen molar-refractivity contribution in [1.82, 2.24) is 0 Å². The smallest absolute Gasteiger partial charge is 0.119 e. The molecule has 30 heavy (non-hydrogen) atoms. The zero-order valence-corrected chi connectivity index (χ0v) is 19.4. The molecule has 1 atom stereocenters. The van der Waals surface area contributed by atoms with Crippen LogP contribution in [0.15, 0.2) is 35.9 Å². The van der Waals surface area contributed by atoms with Gasteiger partial charge in [0.15, 0.2) is 0 Å². The van der Waals surface area contributed by atoms with E-state index in [0.717, 1.165) is 42.1 Å². The van der Waals surface area contributed by atoms with Gasteiger partial charge in [-0.3, -0.25) is 0 Å². The first kappa shape index (κ1) is 23.0. The van der Waals surface area contributed by atoms with E-state index in [1.165, 1.54) is 82.6 Å². The van der Waals surface area contributed by atoms with Gasteiger partial charge in [-0.05, 0) is 86.1 Å². The summed E-state index contributed by atoms with van der Waals surface area (Å²) in [5.41, 5.74) is 2.44. The van der Waals surface area contributed by atoms with Crippen LogP contribution in [0.5, 0.6) is 5.75 Å². The molecule has 0 spiro atoms. The van der Waals surface area contributed by atoms with E-state index in [1.54, 1.807) is 0 Å². The Labute approximate surface area is 185 Å². The highest BCUT2D eigenvalue weighted by atomic mass is 16.5. The molecule has 3 rings (SSSR count). The van der Waals surface area contributed by atoms with Crippen molar-refractivity contribution in [3.63, 3.8) is 0 Å². The fourth-order valence-corrected chi connectivity index (χ4v) is 5.15. The predicted octanol–water partition coefficient (Wildman–Crippen LogP) is 8.33. The minimum Gasteiger partial charge on any atom is -0.494 e. The van der Waals surface area contributed by atoms with Gasteiger partial charge in [-0.15, -0.1) is 0 Å². The summed E-state index contributed by atoms with van der Waals surface area (Å²) in [6, 6.07) is 8.26. The summed E-state index contributed by atoms with van der Waals surface area (Å²) in [7, 11) is 0. The summed E-state index contributed by atoms with van der Waals surface area (Å²) in [6.07, 6.45) is 20.1. The van der Waals surface area contributed by atoms with Crippen LogP contribution in [0.4, 0.5) is 0 Å². The normalized spacial score (nSPS) is 23.9. The number of benzene rings is 1. The van der Waals surface area contributed by atoms with Crippen LogP contribution in [0.1, 0.15) is 103 Å². The van der Waals surface area contributed by atoms with Crippen LogP contribution < -0.4 is 4.74 Å². The van der Waals surface area contributed by atoms with Gasteiger partial charge < -0.3 is 4.74 Å². The Morgan fingerprint density at radius 3 is 2.27 bits per heavy atom. The topological polar surface area (TPSA) is 9.23 Å². The van der Waals surface area contributed by atoms with Crippen LogP contribution >= 0.6 is 0 Å². The lowest BCUT2D eigenvalue weighted by Crippen LogP contribution is -2.23. The molecule has 0 aliphatic heterocycles. The zero-order valence-electron chi connectivity index (χ0n) is 19.4. The number of rotatable bonds is 9. The molecule has 0 saturated heterocycles. The summed E-state index contributed by atoms with van der Waals surface area (Å²) in [5, 5.41) is 0. The number of hydrogen-bond donors (Lipinski definition) is 0. The van der Waals surface area contributed by atoms with Crippen LogP contribution in [-0.4, -0.2) is 6.61 Å². The third-order valence-electron chi connectivity index (χ3n) is 7.21. The van der Waals surface area contributed by atoms with E-state index >= 15 is 0 Å². The Balaban J connectivity index is 1.41. The maximum absolute atomic E-state index is 5.74. The van der Waals surface area contributed by atoms with E-state index in [2.05, 4.69) is 43.9 Å². The minimum atomic E-state index is 0.802. The second kappa shape index (κ2) is 12.9. The van der Waals surface area contributed by atoms with E-state index in [-0.39, 0.29) is 0 Å². The van der Waals surface area contributed by atoms with Gasteiger partial charge in [0.05, 0.1) is 6.61 Å². The Morgan fingerprint density at radius 2 is 1.60 bits per heavy atom. The van der Waals surface area contributed by atoms with Gasteiger partial charge in [0.25, 0.3) is 0 Å². The van der Waals surface area contributed by atoms with E-state index in [0.29, 0.717) is 0 Å². The molecule has 1 heteroatoms. The molecular formula is C29H42O. The molecule has 164 valence electrons. The third-order valence-corrected chi connectivity index (χ3v) is 7.21. The summed E-state index contributed by atoms with van der Waals surface area (Å²) in [6.45, 7) is 5.30. The van der Waals surface area contributed by atoms with Crippen molar-refractivity contribution in [3.8, 4) is 17.6 Å². The van der Waals surface area contributed by atoms with Crippen molar-refractivity contribution in [3.05, 3.63) is 41.5 Å². The molecule has 0 radical (unpaired) electrons. The number of unbranched alkanes of at least 4 members (excludes halogenated alkanes) is 3.